The van der Waals surface area contributed by atoms with Crippen LogP contribution in [0.2, 0.25) is 0 Å². The quantitative estimate of drug-likeness (QED) is 0.0667. The van der Waals surface area contributed by atoms with Crippen molar-refractivity contribution in [1.29, 1.82) is 0 Å². The van der Waals surface area contributed by atoms with E-state index in [1.54, 1.807) is 6.92 Å². The normalized spacial score (nSPS) is 53.9. The first kappa shape index (κ1) is 53.0. The number of aliphatic hydroxyl groups is 10. The maximum Gasteiger partial charge on any atom is 0.335 e. The smallest absolute Gasteiger partial charge is 0.335 e. The van der Waals surface area contributed by atoms with E-state index in [2.05, 4.69) is 40.7 Å². The van der Waals surface area contributed by atoms with Crippen molar-refractivity contribution in [1.82, 2.24) is 0 Å². The van der Waals surface area contributed by atoms with E-state index in [1.165, 1.54) is 0 Å². The lowest BCUT2D eigenvalue weighted by Gasteiger charge is -2.71. The highest BCUT2D eigenvalue weighted by molar-refractivity contribution is 5.78. The van der Waals surface area contributed by atoms with Crippen molar-refractivity contribution in [3.8, 4) is 0 Å². The molecule has 69 heavy (non-hydrogen) atoms. The minimum atomic E-state index is -2.21. The number of carboxylic acid groups (broad SMARTS) is 2. The van der Waals surface area contributed by atoms with Gasteiger partial charge in [0.05, 0.1) is 30.8 Å². The van der Waals surface area contributed by atoms with E-state index in [1.807, 2.05) is 0 Å². The molecule has 0 aromatic rings. The van der Waals surface area contributed by atoms with Crippen LogP contribution in [0.5, 0.6) is 0 Å². The third-order valence-corrected chi connectivity index (χ3v) is 19.3. The Hall–Kier alpha value is -2.29. The second kappa shape index (κ2) is 18.6. The van der Waals surface area contributed by atoms with Gasteiger partial charge in [0.25, 0.3) is 0 Å². The molecule has 8 rings (SSSR count). The Morgan fingerprint density at radius 2 is 1.25 bits per heavy atom. The number of rotatable bonds is 11. The Morgan fingerprint density at radius 1 is 0.667 bits per heavy atom. The van der Waals surface area contributed by atoms with Crippen molar-refractivity contribution in [2.24, 2.45) is 50.2 Å². The van der Waals surface area contributed by atoms with Gasteiger partial charge < -0.3 is 94.5 Å². The van der Waals surface area contributed by atoms with Crippen LogP contribution in [-0.2, 0) is 42.8 Å². The van der Waals surface area contributed by atoms with Crippen molar-refractivity contribution in [2.75, 3.05) is 13.2 Å². The van der Waals surface area contributed by atoms with Crippen LogP contribution in [0.4, 0.5) is 0 Å². The molecule has 8 aliphatic rings. The number of aliphatic carboxylic acids is 2. The zero-order chi connectivity index (χ0) is 50.7. The number of allylic oxidation sites excluding steroid dienone is 2. The Kier molecular flexibility index (Phi) is 14.3. The molecule has 5 aliphatic carbocycles. The van der Waals surface area contributed by atoms with Crippen LogP contribution in [0, 0.1) is 50.2 Å². The standard InChI is InChI=1S/C48H74O21/c1-43(2)13-14-48(42(62)63)21(15-43)20-7-8-25-44(3)11-10-27(45(4,19-51)24(44)9-12-46(25,5)47(20,6)16-26(48)52)66-41-37(69-40-33(58)31(56)29(54)23(18-50)65-40)35(34(59)36(68-41)38(60)61)67-39-32(57)30(55)28(53)22(17-49)64-39/h7,19,21-37,39-41,49-50,52-59H,8-18H2,1-6H3,(H,60,61)(H,62,63). The molecule has 0 spiro atoms. The highest BCUT2D eigenvalue weighted by Crippen LogP contribution is 2.76. The van der Waals surface area contributed by atoms with Crippen molar-refractivity contribution >= 4 is 18.2 Å². The van der Waals surface area contributed by atoms with E-state index in [-0.39, 0.29) is 36.0 Å². The van der Waals surface area contributed by atoms with Gasteiger partial charge in [-0.2, -0.15) is 0 Å². The molecule has 4 saturated carbocycles. The van der Waals surface area contributed by atoms with Crippen molar-refractivity contribution < 1.29 is 104 Å². The molecule has 12 N–H and O–H groups in total. The lowest BCUT2D eigenvalue weighted by molar-refractivity contribution is -0.395. The summed E-state index contributed by atoms with van der Waals surface area (Å²) in [5, 5.41) is 129. The monoisotopic (exact) mass is 986 g/mol. The maximum absolute atomic E-state index is 13.9. The van der Waals surface area contributed by atoms with Gasteiger partial charge in [0, 0.05) is 0 Å². The summed E-state index contributed by atoms with van der Waals surface area (Å²) < 4.78 is 36.0. The summed E-state index contributed by atoms with van der Waals surface area (Å²) in [5.41, 5.74) is -3.23. The average molecular weight is 987 g/mol. The number of fused-ring (bicyclic) bond motifs is 7. The molecule has 25 atom stereocenters. The molecule has 21 nitrogen and oxygen atoms in total. The van der Waals surface area contributed by atoms with E-state index in [0.717, 1.165) is 11.9 Å². The molecule has 0 aromatic carbocycles. The van der Waals surface area contributed by atoms with Gasteiger partial charge in [-0.15, -0.1) is 0 Å². The lowest BCUT2D eigenvalue weighted by Crippen LogP contribution is -2.69. The van der Waals surface area contributed by atoms with Gasteiger partial charge in [-0.05, 0) is 97.2 Å². The summed E-state index contributed by atoms with van der Waals surface area (Å²) in [6.45, 7) is 10.9. The first-order valence-electron chi connectivity index (χ1n) is 24.4. The number of carbonyl (C=O) groups is 3. The largest absolute Gasteiger partial charge is 0.481 e. The predicted molar refractivity (Wildman–Crippen MR) is 233 cm³/mol. The minimum Gasteiger partial charge on any atom is -0.481 e. The minimum absolute atomic E-state index is 0.0464. The first-order valence-corrected chi connectivity index (χ1v) is 24.4. The summed E-state index contributed by atoms with van der Waals surface area (Å²) in [5.74, 6) is -3.46. The SMILES string of the molecule is CC1(C)CCC2(C(=O)O)C(O)CC3(C)C(=CCC4C5(C)CCC(OC6OC(C(=O)O)C(O)C(OC7OC(CO)C(O)C(O)C7O)C6OC6OC(CO)C(O)C(O)C6O)C(C)(C=O)C5CCC43C)C2C1. The first-order chi connectivity index (χ1) is 32.2. The van der Waals surface area contributed by atoms with Crippen molar-refractivity contribution in [3.63, 3.8) is 0 Å². The second-order valence-electron chi connectivity index (χ2n) is 23.3. The zero-order valence-corrected chi connectivity index (χ0v) is 40.0. The van der Waals surface area contributed by atoms with Gasteiger partial charge >= 0.3 is 11.9 Å². The second-order valence-corrected chi connectivity index (χ2v) is 23.3. The number of hydrogen-bond acceptors (Lipinski definition) is 19. The number of carbonyl (C=O) groups excluding carboxylic acids is 1. The molecule has 0 amide bonds. The number of hydrogen-bond donors (Lipinski definition) is 12. The van der Waals surface area contributed by atoms with E-state index in [0.29, 0.717) is 44.9 Å². The van der Waals surface area contributed by atoms with Crippen molar-refractivity contribution in [3.05, 3.63) is 11.6 Å². The molecule has 0 bridgehead atoms. The summed E-state index contributed by atoms with van der Waals surface area (Å²) in [4.78, 5) is 39.9. The Morgan fingerprint density at radius 3 is 1.78 bits per heavy atom. The van der Waals surface area contributed by atoms with Gasteiger partial charge in [-0.25, -0.2) is 4.79 Å². The number of carboxylic acids is 2. The highest BCUT2D eigenvalue weighted by atomic mass is 16.8. The van der Waals surface area contributed by atoms with Crippen LogP contribution in [0.1, 0.15) is 99.3 Å². The molecule has 392 valence electrons. The van der Waals surface area contributed by atoms with Crippen LogP contribution >= 0.6 is 0 Å². The topological polar surface area (TPSA) is 349 Å². The van der Waals surface area contributed by atoms with Crippen molar-refractivity contribution in [2.45, 2.75) is 204 Å². The molecule has 0 radical (unpaired) electrons. The molecule has 7 fully saturated rings. The fourth-order valence-electron chi connectivity index (χ4n) is 15.1. The Bertz CT molecular complexity index is 1960. The number of aliphatic hydroxyl groups excluding tert-OH is 10. The van der Waals surface area contributed by atoms with Crippen LogP contribution in [0.3, 0.4) is 0 Å². The van der Waals surface area contributed by atoms with Crippen LogP contribution < -0.4 is 0 Å². The summed E-state index contributed by atoms with van der Waals surface area (Å²) >= 11 is 0. The van der Waals surface area contributed by atoms with Gasteiger partial charge in [0.15, 0.2) is 25.0 Å². The number of ether oxygens (including phenoxy) is 6. The van der Waals surface area contributed by atoms with Crippen LogP contribution in [0.25, 0.3) is 0 Å². The molecular weight excluding hydrogens is 913 g/mol. The molecule has 3 heterocycles. The molecule has 3 saturated heterocycles. The number of aldehydes is 1. The van der Waals surface area contributed by atoms with Gasteiger partial charge in [-0.3, -0.25) is 4.79 Å². The fraction of sp³-hybridized carbons (Fsp3) is 0.896. The summed E-state index contributed by atoms with van der Waals surface area (Å²) in [7, 11) is 0. The highest BCUT2D eigenvalue weighted by Gasteiger charge is 2.72. The molecule has 25 unspecified atom stereocenters. The van der Waals surface area contributed by atoms with Crippen LogP contribution in [0.15, 0.2) is 11.6 Å². The Balaban J connectivity index is 1.13. The molecule has 21 heteroatoms. The summed E-state index contributed by atoms with van der Waals surface area (Å²) in [6, 6.07) is 0. The molecule has 3 aliphatic heterocycles. The van der Waals surface area contributed by atoms with Gasteiger partial charge in [0.2, 0.25) is 0 Å². The van der Waals surface area contributed by atoms with E-state index >= 15 is 0 Å². The lowest BCUT2D eigenvalue weighted by atomic mass is 9.33. The fourth-order valence-corrected chi connectivity index (χ4v) is 15.1. The van der Waals surface area contributed by atoms with Crippen LogP contribution in [-0.4, -0.2) is 197 Å². The van der Waals surface area contributed by atoms with E-state index in [4.69, 9.17) is 28.4 Å². The average Bonchev–Trinajstić information content (AvgIpc) is 3.28. The molecule has 0 aromatic heterocycles. The van der Waals surface area contributed by atoms with E-state index < -0.39 is 157 Å². The van der Waals surface area contributed by atoms with E-state index in [9.17, 15) is 75.7 Å². The molecular formula is C48H74O21. The predicted octanol–water partition coefficient (Wildman–Crippen LogP) is -1.05. The summed E-state index contributed by atoms with van der Waals surface area (Å²) in [6.07, 6.45) is -23.6. The van der Waals surface area contributed by atoms with Gasteiger partial charge in [0.1, 0.15) is 78.8 Å². The van der Waals surface area contributed by atoms with Gasteiger partial charge in [-0.1, -0.05) is 53.2 Å². The zero-order valence-electron chi connectivity index (χ0n) is 40.0. The maximum atomic E-state index is 13.9. The third kappa shape index (κ3) is 8.08. The Labute approximate surface area is 400 Å². The third-order valence-electron chi connectivity index (χ3n) is 19.3.